The average Bonchev–Trinajstić information content (AvgIpc) is 2.48. The highest BCUT2D eigenvalue weighted by Crippen LogP contribution is 2.24. The molecule has 2 aromatic rings. The van der Waals surface area contributed by atoms with Gasteiger partial charge in [0.25, 0.3) is 5.91 Å². The fraction of sp³-hybridized carbons (Fsp3) is 0.188. The summed E-state index contributed by atoms with van der Waals surface area (Å²) in [5.41, 5.74) is 7.13. The van der Waals surface area contributed by atoms with Crippen molar-refractivity contribution in [1.82, 2.24) is 5.32 Å². The Hall–Kier alpha value is -2.49. The molecule has 1 unspecified atom stereocenters. The van der Waals surface area contributed by atoms with Gasteiger partial charge in [0, 0.05) is 6.54 Å². The second kappa shape index (κ2) is 6.10. The quantitative estimate of drug-likeness (QED) is 0.590. The van der Waals surface area contributed by atoms with Crippen LogP contribution in [-0.4, -0.2) is 17.6 Å². The Morgan fingerprint density at radius 2 is 1.90 bits per heavy atom. The smallest absolute Gasteiger partial charge is 0.255 e. The van der Waals surface area contributed by atoms with Gasteiger partial charge < -0.3 is 16.2 Å². The fourth-order valence-corrected chi connectivity index (χ4v) is 1.99. The summed E-state index contributed by atoms with van der Waals surface area (Å²) < 4.78 is 0. The summed E-state index contributed by atoms with van der Waals surface area (Å²) in [7, 11) is 0. The monoisotopic (exact) mass is 270 g/mol. The van der Waals surface area contributed by atoms with Crippen LogP contribution in [0.5, 0.6) is 5.75 Å². The number of hydrogen-bond donors (Lipinski definition) is 3. The van der Waals surface area contributed by atoms with Crippen molar-refractivity contribution in [1.29, 1.82) is 0 Å². The number of carbonyl (C=O) groups excluding carboxylic acids is 1. The van der Waals surface area contributed by atoms with Crippen molar-refractivity contribution in [2.75, 3.05) is 12.3 Å². The molecule has 2 aromatic carbocycles. The molecule has 20 heavy (non-hydrogen) atoms. The van der Waals surface area contributed by atoms with Crippen molar-refractivity contribution in [3.63, 3.8) is 0 Å². The number of rotatable bonds is 4. The van der Waals surface area contributed by atoms with Crippen molar-refractivity contribution in [2.24, 2.45) is 0 Å². The molecule has 0 fully saturated rings. The van der Waals surface area contributed by atoms with E-state index >= 15 is 0 Å². The zero-order valence-electron chi connectivity index (χ0n) is 11.3. The first-order valence-electron chi connectivity index (χ1n) is 6.50. The lowest BCUT2D eigenvalue weighted by molar-refractivity contribution is 0.0949. The van der Waals surface area contributed by atoms with Crippen molar-refractivity contribution in [3.8, 4) is 5.75 Å². The van der Waals surface area contributed by atoms with E-state index in [0.29, 0.717) is 6.54 Å². The molecule has 104 valence electrons. The average molecular weight is 270 g/mol. The van der Waals surface area contributed by atoms with Gasteiger partial charge in [-0.1, -0.05) is 43.3 Å². The van der Waals surface area contributed by atoms with Crippen LogP contribution in [-0.2, 0) is 0 Å². The van der Waals surface area contributed by atoms with Crippen LogP contribution in [0.2, 0.25) is 0 Å². The fourth-order valence-electron chi connectivity index (χ4n) is 1.99. The van der Waals surface area contributed by atoms with E-state index in [2.05, 4.69) is 5.32 Å². The highest BCUT2D eigenvalue weighted by atomic mass is 16.3. The number of para-hydroxylation sites is 1. The van der Waals surface area contributed by atoms with Gasteiger partial charge in [0.15, 0.2) is 5.75 Å². The van der Waals surface area contributed by atoms with Gasteiger partial charge in [-0.05, 0) is 23.6 Å². The van der Waals surface area contributed by atoms with E-state index in [1.54, 1.807) is 18.2 Å². The minimum absolute atomic E-state index is 0.169. The summed E-state index contributed by atoms with van der Waals surface area (Å²) in [6.07, 6.45) is 0. The van der Waals surface area contributed by atoms with E-state index in [1.807, 2.05) is 37.3 Å². The molecule has 1 atom stereocenters. The number of carbonyl (C=O) groups is 1. The zero-order chi connectivity index (χ0) is 14.5. The summed E-state index contributed by atoms with van der Waals surface area (Å²) in [6.45, 7) is 2.53. The third-order valence-corrected chi connectivity index (χ3v) is 3.25. The van der Waals surface area contributed by atoms with Crippen LogP contribution >= 0.6 is 0 Å². The minimum atomic E-state index is -0.322. The Balaban J connectivity index is 2.01. The number of amides is 1. The van der Waals surface area contributed by atoms with E-state index in [1.165, 1.54) is 0 Å². The van der Waals surface area contributed by atoms with Crippen molar-refractivity contribution >= 4 is 11.6 Å². The van der Waals surface area contributed by atoms with E-state index in [4.69, 9.17) is 5.73 Å². The Bertz CT molecular complexity index is 597. The normalized spacial score (nSPS) is 11.8. The number of anilines is 1. The highest BCUT2D eigenvalue weighted by molar-refractivity contribution is 5.98. The van der Waals surface area contributed by atoms with Gasteiger partial charge in [0.1, 0.15) is 0 Å². The Kier molecular flexibility index (Phi) is 4.25. The van der Waals surface area contributed by atoms with E-state index in [-0.39, 0.29) is 28.8 Å². The first-order valence-corrected chi connectivity index (χ1v) is 6.50. The number of nitrogens with two attached hydrogens (primary N) is 1. The Morgan fingerprint density at radius 1 is 1.20 bits per heavy atom. The SMILES string of the molecule is CC(CNC(=O)c1cccc(N)c1O)c1ccccc1. The number of nitrogen functional groups attached to an aromatic ring is 1. The molecule has 0 bridgehead atoms. The van der Waals surface area contributed by atoms with Crippen LogP contribution in [0.25, 0.3) is 0 Å². The number of benzene rings is 2. The molecule has 0 radical (unpaired) electrons. The maximum Gasteiger partial charge on any atom is 0.255 e. The Labute approximate surface area is 118 Å². The standard InChI is InChI=1S/C16H18N2O2/c1-11(12-6-3-2-4-7-12)10-18-16(20)13-8-5-9-14(17)15(13)19/h2-9,11,19H,10,17H2,1H3,(H,18,20). The highest BCUT2D eigenvalue weighted by Gasteiger charge is 2.14. The van der Waals surface area contributed by atoms with Gasteiger partial charge in [0.05, 0.1) is 11.3 Å². The molecule has 2 rings (SSSR count). The number of phenolic OH excluding ortho intramolecular Hbond substituents is 1. The molecule has 4 nitrogen and oxygen atoms in total. The lowest BCUT2D eigenvalue weighted by atomic mass is 10.0. The van der Waals surface area contributed by atoms with Gasteiger partial charge in [-0.25, -0.2) is 0 Å². The number of phenols is 1. The largest absolute Gasteiger partial charge is 0.505 e. The molecule has 0 saturated heterocycles. The van der Waals surface area contributed by atoms with Crippen LogP contribution in [0.1, 0.15) is 28.8 Å². The van der Waals surface area contributed by atoms with Crippen LogP contribution in [0, 0.1) is 0 Å². The van der Waals surface area contributed by atoms with Crippen molar-refractivity contribution in [2.45, 2.75) is 12.8 Å². The number of hydrogen-bond acceptors (Lipinski definition) is 3. The van der Waals surface area contributed by atoms with Crippen LogP contribution in [0.15, 0.2) is 48.5 Å². The minimum Gasteiger partial charge on any atom is -0.505 e. The maximum atomic E-state index is 12.0. The second-order valence-corrected chi connectivity index (χ2v) is 4.77. The van der Waals surface area contributed by atoms with Crippen LogP contribution < -0.4 is 11.1 Å². The number of nitrogens with one attached hydrogen (secondary N) is 1. The third kappa shape index (κ3) is 3.09. The van der Waals surface area contributed by atoms with Gasteiger partial charge in [0.2, 0.25) is 0 Å². The summed E-state index contributed by atoms with van der Waals surface area (Å²) in [4.78, 5) is 12.0. The molecular weight excluding hydrogens is 252 g/mol. The molecular formula is C16H18N2O2. The predicted octanol–water partition coefficient (Wildman–Crippen LogP) is 2.51. The summed E-state index contributed by atoms with van der Waals surface area (Å²) >= 11 is 0. The Morgan fingerprint density at radius 3 is 2.60 bits per heavy atom. The van der Waals surface area contributed by atoms with Crippen molar-refractivity contribution in [3.05, 3.63) is 59.7 Å². The van der Waals surface area contributed by atoms with Crippen LogP contribution in [0.3, 0.4) is 0 Å². The molecule has 0 spiro atoms. The maximum absolute atomic E-state index is 12.0. The van der Waals surface area contributed by atoms with Gasteiger partial charge >= 0.3 is 0 Å². The molecule has 0 aliphatic heterocycles. The van der Waals surface area contributed by atoms with E-state index in [9.17, 15) is 9.90 Å². The molecule has 4 heteroatoms. The number of aromatic hydroxyl groups is 1. The topological polar surface area (TPSA) is 75.4 Å². The van der Waals surface area contributed by atoms with Gasteiger partial charge in [-0.3, -0.25) is 4.79 Å². The molecule has 0 saturated carbocycles. The lowest BCUT2D eigenvalue weighted by Crippen LogP contribution is -2.27. The van der Waals surface area contributed by atoms with E-state index < -0.39 is 0 Å². The first-order chi connectivity index (χ1) is 9.59. The summed E-state index contributed by atoms with van der Waals surface area (Å²) in [5, 5.41) is 12.6. The lowest BCUT2D eigenvalue weighted by Gasteiger charge is -2.13. The zero-order valence-corrected chi connectivity index (χ0v) is 11.3. The van der Waals surface area contributed by atoms with E-state index in [0.717, 1.165) is 5.56 Å². The summed E-state index contributed by atoms with van der Waals surface area (Å²) in [6, 6.07) is 14.7. The second-order valence-electron chi connectivity index (χ2n) is 4.77. The predicted molar refractivity (Wildman–Crippen MR) is 79.7 cm³/mol. The molecule has 0 heterocycles. The van der Waals surface area contributed by atoms with Gasteiger partial charge in [-0.15, -0.1) is 0 Å². The van der Waals surface area contributed by atoms with Crippen molar-refractivity contribution < 1.29 is 9.90 Å². The molecule has 0 aliphatic carbocycles. The summed E-state index contributed by atoms with van der Waals surface area (Å²) in [5.74, 6) is -0.293. The molecule has 4 N–H and O–H groups in total. The van der Waals surface area contributed by atoms with Crippen LogP contribution in [0.4, 0.5) is 5.69 Å². The molecule has 0 aromatic heterocycles. The molecule has 1 amide bonds. The third-order valence-electron chi connectivity index (χ3n) is 3.25. The van der Waals surface area contributed by atoms with Gasteiger partial charge in [-0.2, -0.15) is 0 Å². The first kappa shape index (κ1) is 13.9. The molecule has 0 aliphatic rings.